The Morgan fingerprint density at radius 2 is 2.18 bits per heavy atom. The van der Waals surface area contributed by atoms with Crippen LogP contribution in [0.5, 0.6) is 0 Å². The molecule has 2 rings (SSSR count). The Hall–Kier alpha value is -1.54. The topological polar surface area (TPSA) is 84.4 Å². The summed E-state index contributed by atoms with van der Waals surface area (Å²) >= 11 is 1.37. The second-order valence-corrected chi connectivity index (χ2v) is 6.85. The number of nitrogens with one attached hydrogen (secondary N) is 1. The van der Waals surface area contributed by atoms with Gasteiger partial charge < -0.3 is 15.0 Å². The monoisotopic (exact) mass is 326 g/mol. The fourth-order valence-corrected chi connectivity index (χ4v) is 3.14. The van der Waals surface area contributed by atoms with Crippen LogP contribution in [0.2, 0.25) is 0 Å². The van der Waals surface area contributed by atoms with Gasteiger partial charge in [-0.25, -0.2) is 0 Å². The van der Waals surface area contributed by atoms with Crippen LogP contribution >= 0.6 is 11.3 Å². The molecule has 1 saturated heterocycles. The molecule has 0 radical (unpaired) electrons. The molecule has 2 heterocycles. The summed E-state index contributed by atoms with van der Waals surface area (Å²) in [6.07, 6.45) is 0.232. The van der Waals surface area contributed by atoms with Gasteiger partial charge >= 0.3 is 0 Å². The highest BCUT2D eigenvalue weighted by atomic mass is 32.1. The molecule has 0 aromatic carbocycles. The van der Waals surface area contributed by atoms with Crippen molar-refractivity contribution in [2.24, 2.45) is 5.92 Å². The first-order chi connectivity index (χ1) is 10.4. The Kier molecular flexibility index (Phi) is 5.47. The first-order valence-electron chi connectivity index (χ1n) is 7.35. The van der Waals surface area contributed by atoms with Gasteiger partial charge in [-0.2, -0.15) is 0 Å². The number of aromatic nitrogens is 2. The molecule has 0 aliphatic carbocycles. The van der Waals surface area contributed by atoms with Crippen molar-refractivity contribution in [2.75, 3.05) is 25.6 Å². The van der Waals surface area contributed by atoms with Crippen molar-refractivity contribution in [3.05, 3.63) is 5.01 Å². The quantitative estimate of drug-likeness (QED) is 0.856. The van der Waals surface area contributed by atoms with E-state index in [0.717, 1.165) is 5.01 Å². The SMILES string of the molecule is COC[C@@H](C)N1C[C@H](C(=O)Nc2nnc(C(C)C)s2)CC1=O. The third kappa shape index (κ3) is 3.80. The Labute approximate surface area is 134 Å². The van der Waals surface area contributed by atoms with E-state index in [0.29, 0.717) is 18.3 Å². The lowest BCUT2D eigenvalue weighted by Gasteiger charge is -2.23. The third-order valence-electron chi connectivity index (χ3n) is 3.63. The van der Waals surface area contributed by atoms with Crippen molar-refractivity contribution in [2.45, 2.75) is 39.2 Å². The van der Waals surface area contributed by atoms with Gasteiger partial charge in [-0.15, -0.1) is 10.2 Å². The predicted molar refractivity (Wildman–Crippen MR) is 83.8 cm³/mol. The van der Waals surface area contributed by atoms with Gasteiger partial charge in [-0.1, -0.05) is 25.2 Å². The van der Waals surface area contributed by atoms with E-state index < -0.39 is 0 Å². The summed E-state index contributed by atoms with van der Waals surface area (Å²) < 4.78 is 5.07. The highest BCUT2D eigenvalue weighted by Gasteiger charge is 2.36. The molecule has 22 heavy (non-hydrogen) atoms. The van der Waals surface area contributed by atoms with E-state index in [1.165, 1.54) is 11.3 Å². The largest absolute Gasteiger partial charge is 0.383 e. The Morgan fingerprint density at radius 3 is 2.77 bits per heavy atom. The predicted octanol–water partition coefficient (Wildman–Crippen LogP) is 1.48. The average molecular weight is 326 g/mol. The van der Waals surface area contributed by atoms with Gasteiger partial charge in [0.25, 0.3) is 0 Å². The standard InChI is InChI=1S/C14H22N4O3S/c1-8(2)13-16-17-14(22-13)15-12(20)10-5-11(19)18(6-10)9(3)7-21-4/h8-10H,5-7H2,1-4H3,(H,15,17,20)/t9-,10-/m1/s1. The number of anilines is 1. The summed E-state index contributed by atoms with van der Waals surface area (Å²) in [7, 11) is 1.60. The molecule has 8 heteroatoms. The molecule has 0 bridgehead atoms. The van der Waals surface area contributed by atoms with E-state index in [4.69, 9.17) is 4.74 Å². The van der Waals surface area contributed by atoms with Crippen LogP contribution in [0.4, 0.5) is 5.13 Å². The number of ether oxygens (including phenoxy) is 1. The van der Waals surface area contributed by atoms with Crippen LogP contribution in [0.3, 0.4) is 0 Å². The van der Waals surface area contributed by atoms with Crippen molar-refractivity contribution in [3.8, 4) is 0 Å². The van der Waals surface area contributed by atoms with Crippen LogP contribution in [-0.4, -0.2) is 53.2 Å². The zero-order valence-electron chi connectivity index (χ0n) is 13.3. The fourth-order valence-electron chi connectivity index (χ4n) is 2.39. The molecular weight excluding hydrogens is 304 g/mol. The molecule has 2 atom stereocenters. The van der Waals surface area contributed by atoms with Gasteiger partial charge in [0, 0.05) is 26.0 Å². The van der Waals surface area contributed by atoms with Gasteiger partial charge in [0.05, 0.1) is 18.6 Å². The van der Waals surface area contributed by atoms with Gasteiger partial charge in [-0.05, 0) is 6.92 Å². The van der Waals surface area contributed by atoms with Gasteiger partial charge in [0.1, 0.15) is 5.01 Å². The summed E-state index contributed by atoms with van der Waals surface area (Å²) in [6.45, 7) is 6.86. The lowest BCUT2D eigenvalue weighted by Crippen LogP contribution is -2.38. The zero-order valence-corrected chi connectivity index (χ0v) is 14.1. The molecule has 1 aliphatic heterocycles. The van der Waals surface area contributed by atoms with Gasteiger partial charge in [0.15, 0.2) is 0 Å². The fraction of sp³-hybridized carbons (Fsp3) is 0.714. The molecule has 1 aliphatic rings. The minimum Gasteiger partial charge on any atom is -0.383 e. The lowest BCUT2D eigenvalue weighted by molar-refractivity contribution is -0.130. The third-order valence-corrected chi connectivity index (χ3v) is 4.77. The van der Waals surface area contributed by atoms with E-state index in [1.54, 1.807) is 12.0 Å². The summed E-state index contributed by atoms with van der Waals surface area (Å²) in [4.78, 5) is 26.0. The first kappa shape index (κ1) is 16.8. The van der Waals surface area contributed by atoms with Crippen molar-refractivity contribution in [1.82, 2.24) is 15.1 Å². The molecule has 0 saturated carbocycles. The van der Waals surface area contributed by atoms with Crippen LogP contribution < -0.4 is 5.32 Å². The van der Waals surface area contributed by atoms with Crippen molar-refractivity contribution in [3.63, 3.8) is 0 Å². The van der Waals surface area contributed by atoms with Crippen molar-refractivity contribution in [1.29, 1.82) is 0 Å². The summed E-state index contributed by atoms with van der Waals surface area (Å²) in [6, 6.07) is -0.0237. The molecule has 0 spiro atoms. The highest BCUT2D eigenvalue weighted by Crippen LogP contribution is 2.25. The average Bonchev–Trinajstić information content (AvgIpc) is 3.05. The maximum absolute atomic E-state index is 12.3. The van der Waals surface area contributed by atoms with E-state index in [9.17, 15) is 9.59 Å². The van der Waals surface area contributed by atoms with Gasteiger partial charge in [0.2, 0.25) is 16.9 Å². The number of hydrogen-bond donors (Lipinski definition) is 1. The molecule has 122 valence electrons. The second kappa shape index (κ2) is 7.15. The number of likely N-dealkylation sites (tertiary alicyclic amines) is 1. The first-order valence-corrected chi connectivity index (χ1v) is 8.16. The molecule has 0 unspecified atom stereocenters. The van der Waals surface area contributed by atoms with Crippen molar-refractivity contribution >= 4 is 28.3 Å². The second-order valence-electron chi connectivity index (χ2n) is 5.84. The van der Waals surface area contributed by atoms with E-state index in [1.807, 2.05) is 20.8 Å². The van der Waals surface area contributed by atoms with Crippen LogP contribution in [0.15, 0.2) is 0 Å². The number of amides is 2. The van der Waals surface area contributed by atoms with Gasteiger partial charge in [-0.3, -0.25) is 9.59 Å². The number of carbonyl (C=O) groups is 2. The molecular formula is C14H22N4O3S. The summed E-state index contributed by atoms with van der Waals surface area (Å²) in [5.41, 5.74) is 0. The molecule has 1 N–H and O–H groups in total. The Morgan fingerprint density at radius 1 is 1.45 bits per heavy atom. The molecule has 7 nitrogen and oxygen atoms in total. The minimum absolute atomic E-state index is 0.00941. The molecule has 1 aromatic rings. The number of hydrogen-bond acceptors (Lipinski definition) is 6. The molecule has 1 aromatic heterocycles. The smallest absolute Gasteiger partial charge is 0.231 e. The normalized spacial score (nSPS) is 19.8. The summed E-state index contributed by atoms with van der Waals surface area (Å²) in [5.74, 6) is -0.253. The minimum atomic E-state index is -0.349. The molecule has 1 fully saturated rings. The number of nitrogens with zero attached hydrogens (tertiary/aromatic N) is 3. The van der Waals surface area contributed by atoms with E-state index in [-0.39, 0.29) is 36.1 Å². The molecule has 2 amide bonds. The lowest BCUT2D eigenvalue weighted by atomic mass is 10.1. The van der Waals surface area contributed by atoms with E-state index >= 15 is 0 Å². The Balaban J connectivity index is 1.94. The number of rotatable bonds is 6. The maximum Gasteiger partial charge on any atom is 0.231 e. The van der Waals surface area contributed by atoms with Crippen LogP contribution in [0.25, 0.3) is 0 Å². The summed E-state index contributed by atoms with van der Waals surface area (Å²) in [5, 5.41) is 12.1. The Bertz CT molecular complexity index is 546. The van der Waals surface area contributed by atoms with Crippen molar-refractivity contribution < 1.29 is 14.3 Å². The zero-order chi connectivity index (χ0) is 16.3. The van der Waals surface area contributed by atoms with Crippen LogP contribution in [0, 0.1) is 5.92 Å². The maximum atomic E-state index is 12.3. The number of carbonyl (C=O) groups excluding carboxylic acids is 2. The van der Waals surface area contributed by atoms with Crippen LogP contribution in [0.1, 0.15) is 38.1 Å². The van der Waals surface area contributed by atoms with E-state index in [2.05, 4.69) is 15.5 Å². The highest BCUT2D eigenvalue weighted by molar-refractivity contribution is 7.15. The van der Waals surface area contributed by atoms with Crippen LogP contribution in [-0.2, 0) is 14.3 Å². The number of methoxy groups -OCH3 is 1.